The van der Waals surface area contributed by atoms with E-state index in [2.05, 4.69) is 10.1 Å². The zero-order chi connectivity index (χ0) is 23.4. The summed E-state index contributed by atoms with van der Waals surface area (Å²) >= 11 is 1.00. The third-order valence-corrected chi connectivity index (χ3v) is 5.71. The number of thiazole rings is 1. The van der Waals surface area contributed by atoms with Gasteiger partial charge in [0.2, 0.25) is 0 Å². The Morgan fingerprint density at radius 3 is 2.50 bits per heavy atom. The molecule has 9 nitrogen and oxygen atoms in total. The van der Waals surface area contributed by atoms with Crippen molar-refractivity contribution in [2.75, 3.05) is 18.6 Å². The quantitative estimate of drug-likeness (QED) is 0.464. The Bertz CT molecular complexity index is 1090. The number of carboxylic acid groups (broad SMARTS) is 1. The van der Waals surface area contributed by atoms with Crippen LogP contribution >= 0.6 is 11.3 Å². The minimum Gasteiger partial charge on any atom is -0.497 e. The van der Waals surface area contributed by atoms with Gasteiger partial charge in [-0.05, 0) is 30.5 Å². The summed E-state index contributed by atoms with van der Waals surface area (Å²) in [5, 5.41) is 24.6. The van der Waals surface area contributed by atoms with Crippen LogP contribution in [0.3, 0.4) is 0 Å². The first-order valence-electron chi connectivity index (χ1n) is 10.1. The highest BCUT2D eigenvalue weighted by Crippen LogP contribution is 2.36. The van der Waals surface area contributed by atoms with Crippen molar-refractivity contribution >= 4 is 28.8 Å². The molecule has 3 rings (SSSR count). The van der Waals surface area contributed by atoms with E-state index < -0.39 is 12.2 Å². The molecule has 1 amide bonds. The third kappa shape index (κ3) is 5.14. The second-order valence-corrected chi connectivity index (χ2v) is 8.77. The minimum absolute atomic E-state index is 0.0819. The Morgan fingerprint density at radius 2 is 1.97 bits per heavy atom. The molecule has 0 fully saturated rings. The molecule has 0 bridgehead atoms. The fourth-order valence-electron chi connectivity index (χ4n) is 3.24. The van der Waals surface area contributed by atoms with E-state index in [9.17, 15) is 19.8 Å². The number of aldehydes is 1. The zero-order valence-corrected chi connectivity index (χ0v) is 19.2. The number of aliphatic hydroxyl groups excluding tert-OH is 1. The number of anilines is 1. The lowest BCUT2D eigenvalue weighted by molar-refractivity contribution is 0.112. The van der Waals surface area contributed by atoms with Gasteiger partial charge in [-0.1, -0.05) is 37.3 Å². The summed E-state index contributed by atoms with van der Waals surface area (Å²) in [5.74, 6) is 0.827. The van der Waals surface area contributed by atoms with Crippen molar-refractivity contribution in [3.05, 3.63) is 46.6 Å². The number of carbonyl (C=O) groups is 2. The van der Waals surface area contributed by atoms with Crippen molar-refractivity contribution in [3.8, 4) is 17.0 Å². The number of aromatic nitrogens is 3. The average Bonchev–Trinajstić information content (AvgIpc) is 3.36. The normalized spacial score (nSPS) is 12.1. The monoisotopic (exact) mass is 458 g/mol. The molecule has 2 aromatic heterocycles. The molecule has 2 heterocycles. The lowest BCUT2D eigenvalue weighted by Gasteiger charge is -2.17. The van der Waals surface area contributed by atoms with E-state index in [1.807, 2.05) is 38.1 Å². The molecular formula is C22H26N4O5S. The summed E-state index contributed by atoms with van der Waals surface area (Å²) in [6, 6.07) is 7.52. The van der Waals surface area contributed by atoms with Gasteiger partial charge in [-0.3, -0.25) is 14.4 Å². The number of carbonyl (C=O) groups excluding carboxylic acids is 1. The molecular weight excluding hydrogens is 432 g/mol. The SMILES string of the molecule is COc1ccc(Cn2cc(-c3nc(N(CC(C)C)C(=O)O)sc3C=O)c(C(C)O)n2)cc1. The predicted octanol–water partition coefficient (Wildman–Crippen LogP) is 4.07. The number of hydrogen-bond acceptors (Lipinski definition) is 7. The van der Waals surface area contributed by atoms with Crippen LogP contribution in [0.1, 0.15) is 47.8 Å². The van der Waals surface area contributed by atoms with Crippen molar-refractivity contribution in [3.63, 3.8) is 0 Å². The first-order chi connectivity index (χ1) is 15.2. The molecule has 1 atom stereocenters. The molecule has 0 saturated carbocycles. The van der Waals surface area contributed by atoms with E-state index in [1.54, 1.807) is 24.9 Å². The van der Waals surface area contributed by atoms with Gasteiger partial charge in [0, 0.05) is 18.3 Å². The molecule has 3 aromatic rings. The molecule has 32 heavy (non-hydrogen) atoms. The van der Waals surface area contributed by atoms with Crippen molar-refractivity contribution in [2.45, 2.75) is 33.4 Å². The van der Waals surface area contributed by atoms with Crippen molar-refractivity contribution in [2.24, 2.45) is 5.92 Å². The summed E-state index contributed by atoms with van der Waals surface area (Å²) < 4.78 is 6.84. The zero-order valence-electron chi connectivity index (χ0n) is 18.3. The second-order valence-electron chi connectivity index (χ2n) is 7.76. The van der Waals surface area contributed by atoms with Crippen LogP contribution < -0.4 is 9.64 Å². The predicted molar refractivity (Wildman–Crippen MR) is 122 cm³/mol. The number of nitrogens with zero attached hydrogens (tertiary/aromatic N) is 4. The minimum atomic E-state index is -1.14. The van der Waals surface area contributed by atoms with E-state index in [-0.39, 0.29) is 22.5 Å². The largest absolute Gasteiger partial charge is 0.497 e. The van der Waals surface area contributed by atoms with Crippen LogP contribution in [-0.2, 0) is 6.54 Å². The Hall–Kier alpha value is -3.24. The maximum absolute atomic E-state index is 11.8. The highest BCUT2D eigenvalue weighted by molar-refractivity contribution is 7.17. The first-order valence-corrected chi connectivity index (χ1v) is 10.9. The molecule has 0 aliphatic carbocycles. The highest BCUT2D eigenvalue weighted by Gasteiger charge is 2.26. The maximum Gasteiger partial charge on any atom is 0.413 e. The van der Waals surface area contributed by atoms with Gasteiger partial charge in [0.25, 0.3) is 0 Å². The van der Waals surface area contributed by atoms with E-state index in [0.717, 1.165) is 27.5 Å². The summed E-state index contributed by atoms with van der Waals surface area (Å²) in [6.45, 7) is 6.08. The van der Waals surface area contributed by atoms with Gasteiger partial charge in [-0.15, -0.1) is 0 Å². The molecule has 0 spiro atoms. The smallest absolute Gasteiger partial charge is 0.413 e. The van der Waals surface area contributed by atoms with Crippen molar-refractivity contribution in [1.82, 2.24) is 14.8 Å². The van der Waals surface area contributed by atoms with Gasteiger partial charge in [0.15, 0.2) is 11.4 Å². The lowest BCUT2D eigenvalue weighted by Crippen LogP contribution is -2.32. The van der Waals surface area contributed by atoms with E-state index in [4.69, 9.17) is 4.74 Å². The number of benzene rings is 1. The number of aliphatic hydroxyl groups is 1. The third-order valence-electron chi connectivity index (χ3n) is 4.70. The van der Waals surface area contributed by atoms with Gasteiger partial charge in [-0.2, -0.15) is 5.10 Å². The number of ether oxygens (including phenoxy) is 1. The van der Waals surface area contributed by atoms with Crippen LogP contribution in [0, 0.1) is 5.92 Å². The van der Waals surface area contributed by atoms with Gasteiger partial charge >= 0.3 is 6.09 Å². The van der Waals surface area contributed by atoms with Crippen LogP contribution in [-0.4, -0.2) is 51.0 Å². The van der Waals surface area contributed by atoms with Gasteiger partial charge in [0.1, 0.15) is 11.4 Å². The number of hydrogen-bond donors (Lipinski definition) is 2. The summed E-state index contributed by atoms with van der Waals surface area (Å²) in [4.78, 5) is 29.4. The lowest BCUT2D eigenvalue weighted by atomic mass is 10.1. The van der Waals surface area contributed by atoms with Crippen LogP contribution in [0.5, 0.6) is 5.75 Å². The second kappa shape index (κ2) is 9.92. The molecule has 0 aliphatic heterocycles. The average molecular weight is 459 g/mol. The Labute approximate surface area is 189 Å². The summed E-state index contributed by atoms with van der Waals surface area (Å²) in [6.07, 6.45) is 0.324. The fraction of sp³-hybridized carbons (Fsp3) is 0.364. The van der Waals surface area contributed by atoms with Crippen LogP contribution in [0.2, 0.25) is 0 Å². The molecule has 0 radical (unpaired) electrons. The van der Waals surface area contributed by atoms with Gasteiger partial charge in [0.05, 0.1) is 30.3 Å². The number of methoxy groups -OCH3 is 1. The summed E-state index contributed by atoms with van der Waals surface area (Å²) in [5.41, 5.74) is 2.14. The molecule has 0 aliphatic rings. The molecule has 1 aromatic carbocycles. The van der Waals surface area contributed by atoms with E-state index >= 15 is 0 Å². The number of amides is 1. The highest BCUT2D eigenvalue weighted by atomic mass is 32.1. The first kappa shape index (κ1) is 23.4. The molecule has 1 unspecified atom stereocenters. The standard InChI is InChI=1S/C22H26N4O5S/c1-13(2)9-26(22(29)30)21-23-20(18(12-27)32-21)17-11-25(24-19(17)14(3)28)10-15-5-7-16(31-4)8-6-15/h5-8,11-14,28H,9-10H2,1-4H3,(H,29,30). The number of rotatable bonds is 9. The Morgan fingerprint density at radius 1 is 1.28 bits per heavy atom. The van der Waals surface area contributed by atoms with Crippen LogP contribution in [0.4, 0.5) is 9.93 Å². The molecule has 0 saturated heterocycles. The van der Waals surface area contributed by atoms with Crippen molar-refractivity contribution in [1.29, 1.82) is 0 Å². The van der Waals surface area contributed by atoms with Crippen molar-refractivity contribution < 1.29 is 24.5 Å². The molecule has 170 valence electrons. The van der Waals surface area contributed by atoms with E-state index in [1.165, 1.54) is 0 Å². The topological polar surface area (TPSA) is 118 Å². The molecule has 2 N–H and O–H groups in total. The van der Waals surface area contributed by atoms with E-state index in [0.29, 0.717) is 29.8 Å². The van der Waals surface area contributed by atoms with Crippen LogP contribution in [0.15, 0.2) is 30.5 Å². The summed E-state index contributed by atoms with van der Waals surface area (Å²) in [7, 11) is 1.60. The Balaban J connectivity index is 2.01. The molecule has 10 heteroatoms. The van der Waals surface area contributed by atoms with Gasteiger partial charge < -0.3 is 14.9 Å². The maximum atomic E-state index is 11.8. The van der Waals surface area contributed by atoms with Gasteiger partial charge in [-0.25, -0.2) is 9.78 Å². The Kier molecular flexibility index (Phi) is 7.26. The van der Waals surface area contributed by atoms with Crippen LogP contribution in [0.25, 0.3) is 11.3 Å². The fourth-order valence-corrected chi connectivity index (χ4v) is 4.13.